The molecule has 0 bridgehead atoms. The number of nitrogens with zero attached hydrogens (tertiary/aromatic N) is 3. The van der Waals surface area contributed by atoms with Gasteiger partial charge in [-0.2, -0.15) is 5.10 Å². The number of amides is 1. The topological polar surface area (TPSA) is 59.8 Å². The zero-order chi connectivity index (χ0) is 16.4. The summed E-state index contributed by atoms with van der Waals surface area (Å²) in [5.74, 6) is 0.210. The third kappa shape index (κ3) is 3.13. The fourth-order valence-electron chi connectivity index (χ4n) is 2.30. The van der Waals surface area contributed by atoms with Crippen LogP contribution in [0, 0.1) is 0 Å². The Morgan fingerprint density at radius 1 is 1.27 bits per heavy atom. The molecule has 2 heterocycles. The largest absolute Gasteiger partial charge is 0.350 e. The molecule has 0 aliphatic heterocycles. The van der Waals surface area contributed by atoms with Gasteiger partial charge in [0, 0.05) is 17.8 Å². The lowest BCUT2D eigenvalue weighted by Crippen LogP contribution is -2.32. The maximum Gasteiger partial charge on any atom is 0.252 e. The van der Waals surface area contributed by atoms with Crippen LogP contribution in [0.15, 0.2) is 12.3 Å². The molecule has 1 amide bonds. The summed E-state index contributed by atoms with van der Waals surface area (Å²) in [7, 11) is 0. The summed E-state index contributed by atoms with van der Waals surface area (Å²) in [6, 6.07) is 2.26. The average Bonchev–Trinajstić information content (AvgIpc) is 2.89. The molecule has 5 heteroatoms. The lowest BCUT2D eigenvalue weighted by Gasteiger charge is -2.14. The van der Waals surface area contributed by atoms with E-state index in [1.165, 1.54) is 0 Å². The molecule has 120 valence electrons. The van der Waals surface area contributed by atoms with Gasteiger partial charge in [-0.3, -0.25) is 4.79 Å². The number of fused-ring (bicyclic) bond motifs is 1. The lowest BCUT2D eigenvalue weighted by atomic mass is 10.0. The molecule has 5 nitrogen and oxygen atoms in total. The first kappa shape index (κ1) is 16.5. The van der Waals surface area contributed by atoms with E-state index >= 15 is 0 Å². The number of aromatic nitrogens is 3. The molecule has 0 fully saturated rings. The van der Waals surface area contributed by atoms with Crippen molar-refractivity contribution < 1.29 is 4.79 Å². The van der Waals surface area contributed by atoms with Gasteiger partial charge in [0.2, 0.25) is 0 Å². The van der Waals surface area contributed by atoms with E-state index in [0.717, 1.165) is 23.1 Å². The Morgan fingerprint density at radius 3 is 2.50 bits per heavy atom. The fraction of sp³-hybridized carbons (Fsp3) is 0.588. The average molecular weight is 302 g/mol. The second kappa shape index (κ2) is 6.46. The van der Waals surface area contributed by atoms with E-state index in [2.05, 4.69) is 45.0 Å². The first-order chi connectivity index (χ1) is 10.3. The van der Waals surface area contributed by atoms with Crippen molar-refractivity contribution >= 4 is 16.9 Å². The molecule has 0 aliphatic rings. The Bertz CT molecular complexity index is 673. The molecule has 2 rings (SSSR count). The van der Waals surface area contributed by atoms with Gasteiger partial charge in [0.1, 0.15) is 0 Å². The maximum atomic E-state index is 12.6. The third-order valence-electron chi connectivity index (χ3n) is 3.90. The van der Waals surface area contributed by atoms with Crippen LogP contribution in [0.25, 0.3) is 11.0 Å². The summed E-state index contributed by atoms with van der Waals surface area (Å²) < 4.78 is 1.88. The summed E-state index contributed by atoms with van der Waals surface area (Å²) in [6.07, 6.45) is 2.65. The zero-order valence-electron chi connectivity index (χ0n) is 14.3. The van der Waals surface area contributed by atoms with Crippen molar-refractivity contribution in [2.24, 2.45) is 0 Å². The number of carbonyl (C=O) groups is 1. The maximum absolute atomic E-state index is 12.6. The van der Waals surface area contributed by atoms with Crippen LogP contribution >= 0.6 is 0 Å². The Labute approximate surface area is 132 Å². The molecule has 0 aromatic carbocycles. The standard InChI is InChI=1S/C17H26N4O/c1-7-12(6)19-17(22)13-8-15(10(2)3)20-16-14(13)9-18-21(16)11(4)5/h8-12H,7H2,1-6H3,(H,19,22). The predicted molar refractivity (Wildman–Crippen MR) is 89.2 cm³/mol. The molecule has 2 aromatic heterocycles. The van der Waals surface area contributed by atoms with E-state index in [9.17, 15) is 4.79 Å². The molecule has 0 aliphatic carbocycles. The predicted octanol–water partition coefficient (Wildman–Crippen LogP) is 3.66. The molecule has 0 spiro atoms. The van der Waals surface area contributed by atoms with Crippen molar-refractivity contribution in [1.82, 2.24) is 20.1 Å². The van der Waals surface area contributed by atoms with E-state index in [0.29, 0.717) is 5.56 Å². The zero-order valence-corrected chi connectivity index (χ0v) is 14.3. The third-order valence-corrected chi connectivity index (χ3v) is 3.90. The Balaban J connectivity index is 2.59. The highest BCUT2D eigenvalue weighted by atomic mass is 16.1. The van der Waals surface area contributed by atoms with Crippen LogP contribution in [-0.2, 0) is 0 Å². The van der Waals surface area contributed by atoms with E-state index in [1.54, 1.807) is 6.20 Å². The van der Waals surface area contributed by atoms with Gasteiger partial charge < -0.3 is 5.32 Å². The minimum absolute atomic E-state index is 0.0491. The SMILES string of the molecule is CCC(C)NC(=O)c1cc(C(C)C)nc2c1cnn2C(C)C. The van der Waals surface area contributed by atoms with Crippen molar-refractivity contribution in [1.29, 1.82) is 0 Å². The quantitative estimate of drug-likeness (QED) is 0.917. The fourth-order valence-corrected chi connectivity index (χ4v) is 2.30. The smallest absolute Gasteiger partial charge is 0.252 e. The monoisotopic (exact) mass is 302 g/mol. The van der Waals surface area contributed by atoms with Crippen LogP contribution in [-0.4, -0.2) is 26.7 Å². The van der Waals surface area contributed by atoms with E-state index in [1.807, 2.05) is 17.7 Å². The molecule has 1 unspecified atom stereocenters. The van der Waals surface area contributed by atoms with E-state index < -0.39 is 0 Å². The summed E-state index contributed by atoms with van der Waals surface area (Å²) >= 11 is 0. The summed E-state index contributed by atoms with van der Waals surface area (Å²) in [5, 5.41) is 8.27. The molecule has 0 radical (unpaired) electrons. The van der Waals surface area contributed by atoms with Crippen LogP contribution in [0.4, 0.5) is 0 Å². The van der Waals surface area contributed by atoms with Crippen LogP contribution in [0.1, 0.15) is 76.0 Å². The van der Waals surface area contributed by atoms with Crippen LogP contribution in [0.3, 0.4) is 0 Å². The Kier molecular flexibility index (Phi) is 4.84. The first-order valence-corrected chi connectivity index (χ1v) is 8.04. The van der Waals surface area contributed by atoms with Crippen LogP contribution < -0.4 is 5.32 Å². The number of carbonyl (C=O) groups excluding carboxylic acids is 1. The molecule has 22 heavy (non-hydrogen) atoms. The minimum Gasteiger partial charge on any atom is -0.350 e. The van der Waals surface area contributed by atoms with E-state index in [-0.39, 0.29) is 23.9 Å². The van der Waals surface area contributed by atoms with Gasteiger partial charge in [0.15, 0.2) is 5.65 Å². The Hall–Kier alpha value is -1.91. The van der Waals surface area contributed by atoms with Gasteiger partial charge >= 0.3 is 0 Å². The highest BCUT2D eigenvalue weighted by Crippen LogP contribution is 2.24. The number of pyridine rings is 1. The van der Waals surface area contributed by atoms with Gasteiger partial charge in [0.25, 0.3) is 5.91 Å². The van der Waals surface area contributed by atoms with Crippen molar-refractivity contribution in [2.75, 3.05) is 0 Å². The molecule has 2 aromatic rings. The molecular weight excluding hydrogens is 276 g/mol. The summed E-state index contributed by atoms with van der Waals surface area (Å²) in [5.41, 5.74) is 2.38. The van der Waals surface area contributed by atoms with Crippen molar-refractivity contribution in [2.45, 2.75) is 66.0 Å². The van der Waals surface area contributed by atoms with E-state index in [4.69, 9.17) is 4.98 Å². The Morgan fingerprint density at radius 2 is 1.95 bits per heavy atom. The van der Waals surface area contributed by atoms with Gasteiger partial charge in [0.05, 0.1) is 17.1 Å². The molecule has 0 saturated carbocycles. The van der Waals surface area contributed by atoms with Gasteiger partial charge in [-0.15, -0.1) is 0 Å². The number of nitrogens with one attached hydrogen (secondary N) is 1. The van der Waals surface area contributed by atoms with Crippen molar-refractivity contribution in [3.05, 3.63) is 23.5 Å². The minimum atomic E-state index is -0.0491. The lowest BCUT2D eigenvalue weighted by molar-refractivity contribution is 0.0941. The highest BCUT2D eigenvalue weighted by molar-refractivity contribution is 6.05. The van der Waals surface area contributed by atoms with Crippen LogP contribution in [0.5, 0.6) is 0 Å². The van der Waals surface area contributed by atoms with Crippen molar-refractivity contribution in [3.8, 4) is 0 Å². The number of hydrogen-bond donors (Lipinski definition) is 1. The number of hydrogen-bond acceptors (Lipinski definition) is 3. The van der Waals surface area contributed by atoms with Gasteiger partial charge in [-0.05, 0) is 39.2 Å². The first-order valence-electron chi connectivity index (χ1n) is 8.04. The molecular formula is C17H26N4O. The number of rotatable bonds is 5. The summed E-state index contributed by atoms with van der Waals surface area (Å²) in [6.45, 7) is 12.4. The summed E-state index contributed by atoms with van der Waals surface area (Å²) in [4.78, 5) is 17.3. The molecule has 1 N–H and O–H groups in total. The molecule has 0 saturated heterocycles. The second-order valence-electron chi connectivity index (χ2n) is 6.45. The van der Waals surface area contributed by atoms with Gasteiger partial charge in [-0.1, -0.05) is 20.8 Å². The second-order valence-corrected chi connectivity index (χ2v) is 6.45. The normalized spacial score (nSPS) is 13.1. The highest BCUT2D eigenvalue weighted by Gasteiger charge is 2.19. The molecule has 1 atom stereocenters. The van der Waals surface area contributed by atoms with Crippen molar-refractivity contribution in [3.63, 3.8) is 0 Å². The van der Waals surface area contributed by atoms with Crippen LogP contribution in [0.2, 0.25) is 0 Å². The van der Waals surface area contributed by atoms with Gasteiger partial charge in [-0.25, -0.2) is 9.67 Å².